The molecule has 1 atom stereocenters. The first kappa shape index (κ1) is 19.3. The molecule has 0 bridgehead atoms. The van der Waals surface area contributed by atoms with Crippen molar-refractivity contribution in [3.8, 4) is 0 Å². The Morgan fingerprint density at radius 1 is 1.14 bits per heavy atom. The highest BCUT2D eigenvalue weighted by Crippen LogP contribution is 2.44. The van der Waals surface area contributed by atoms with Gasteiger partial charge in [-0.2, -0.15) is 13.2 Å². The van der Waals surface area contributed by atoms with Crippen LogP contribution in [-0.2, 0) is 9.53 Å². The van der Waals surface area contributed by atoms with Gasteiger partial charge in [0.2, 0.25) is 0 Å². The number of hydrogen-bond acceptors (Lipinski definition) is 3. The smallest absolute Gasteiger partial charge is 0.417 e. The molecule has 3 nitrogen and oxygen atoms in total. The second kappa shape index (κ2) is 6.38. The van der Waals surface area contributed by atoms with Crippen LogP contribution in [0.1, 0.15) is 72.6 Å². The zero-order valence-electron chi connectivity index (χ0n) is 13.8. The summed E-state index contributed by atoms with van der Waals surface area (Å²) in [6.07, 6.45) is -1.77. The van der Waals surface area contributed by atoms with Crippen molar-refractivity contribution in [3.63, 3.8) is 0 Å². The van der Waals surface area contributed by atoms with Gasteiger partial charge < -0.3 is 9.84 Å². The summed E-state index contributed by atoms with van der Waals surface area (Å²) in [5, 5.41) is 9.83. The molecule has 0 aromatic rings. The Morgan fingerprint density at radius 2 is 1.64 bits per heavy atom. The summed E-state index contributed by atoms with van der Waals surface area (Å²) in [5.41, 5.74) is -4.82. The zero-order chi connectivity index (χ0) is 17.2. The van der Waals surface area contributed by atoms with Crippen LogP contribution in [0.2, 0.25) is 0 Å². The van der Waals surface area contributed by atoms with E-state index in [2.05, 4.69) is 0 Å². The number of esters is 1. The van der Waals surface area contributed by atoms with Gasteiger partial charge in [0, 0.05) is 6.42 Å². The molecule has 22 heavy (non-hydrogen) atoms. The lowest BCUT2D eigenvalue weighted by atomic mass is 9.76. The van der Waals surface area contributed by atoms with Crippen LogP contribution in [0.25, 0.3) is 0 Å². The van der Waals surface area contributed by atoms with Crippen molar-refractivity contribution in [1.29, 1.82) is 0 Å². The van der Waals surface area contributed by atoms with E-state index in [0.29, 0.717) is 32.1 Å². The van der Waals surface area contributed by atoms with E-state index in [1.807, 2.05) is 6.92 Å². The molecule has 0 aromatic carbocycles. The molecule has 0 aliphatic heterocycles. The molecule has 0 heterocycles. The number of halogens is 3. The van der Waals surface area contributed by atoms with Crippen molar-refractivity contribution in [1.82, 2.24) is 0 Å². The number of carbonyl (C=O) groups is 1. The Morgan fingerprint density at radius 3 is 2.05 bits per heavy atom. The van der Waals surface area contributed by atoms with E-state index in [1.165, 1.54) is 0 Å². The second-order valence-corrected chi connectivity index (χ2v) is 7.32. The van der Waals surface area contributed by atoms with Gasteiger partial charge in [-0.1, -0.05) is 13.3 Å². The Kier molecular flexibility index (Phi) is 5.59. The van der Waals surface area contributed by atoms with Gasteiger partial charge in [-0.3, -0.25) is 4.79 Å². The Balaban J connectivity index is 2.99. The number of rotatable bonds is 5. The van der Waals surface area contributed by atoms with Gasteiger partial charge in [0.05, 0.1) is 5.41 Å². The standard InChI is InChI=1S/C16H27F3O3/c1-5-13(2,3)12(20)22-15(9-7-6-8-10-15)11-14(4,21)16(17,18)19/h21H,5-11H2,1-4H3. The van der Waals surface area contributed by atoms with E-state index in [-0.39, 0.29) is 0 Å². The van der Waals surface area contributed by atoms with Gasteiger partial charge in [0.25, 0.3) is 0 Å². The summed E-state index contributed by atoms with van der Waals surface area (Å²) >= 11 is 0. The van der Waals surface area contributed by atoms with E-state index >= 15 is 0 Å². The largest absolute Gasteiger partial charge is 0.459 e. The fourth-order valence-corrected chi connectivity index (χ4v) is 2.72. The molecule has 0 aromatic heterocycles. The van der Waals surface area contributed by atoms with Crippen LogP contribution < -0.4 is 0 Å². The molecule has 1 N–H and O–H groups in total. The normalized spacial score (nSPS) is 22.0. The van der Waals surface area contributed by atoms with Crippen molar-refractivity contribution in [2.24, 2.45) is 5.41 Å². The number of ether oxygens (including phenoxy) is 1. The third kappa shape index (κ3) is 4.37. The van der Waals surface area contributed by atoms with Crippen LogP contribution in [0.15, 0.2) is 0 Å². The summed E-state index contributed by atoms with van der Waals surface area (Å²) in [4.78, 5) is 12.3. The van der Waals surface area contributed by atoms with Crippen LogP contribution in [-0.4, -0.2) is 28.5 Å². The van der Waals surface area contributed by atoms with E-state index in [0.717, 1.165) is 13.3 Å². The average Bonchev–Trinajstić information content (AvgIpc) is 2.37. The van der Waals surface area contributed by atoms with Gasteiger partial charge in [-0.05, 0) is 52.9 Å². The molecule has 0 spiro atoms. The molecule has 0 radical (unpaired) electrons. The highest BCUT2D eigenvalue weighted by Gasteiger charge is 2.55. The van der Waals surface area contributed by atoms with Gasteiger partial charge in [0.1, 0.15) is 5.60 Å². The predicted octanol–water partition coefficient (Wildman–Crippen LogP) is 4.37. The summed E-state index contributed by atoms with van der Waals surface area (Å²) in [5.74, 6) is -0.491. The SMILES string of the molecule is CCC(C)(C)C(=O)OC1(CC(C)(O)C(F)(F)F)CCCCC1. The summed E-state index contributed by atoms with van der Waals surface area (Å²) in [6, 6.07) is 0. The third-order valence-corrected chi connectivity index (χ3v) is 4.79. The summed E-state index contributed by atoms with van der Waals surface area (Å²) in [7, 11) is 0. The van der Waals surface area contributed by atoms with E-state index in [9.17, 15) is 23.1 Å². The molecule has 0 amide bonds. The summed E-state index contributed by atoms with van der Waals surface area (Å²) in [6.45, 7) is 6.02. The highest BCUT2D eigenvalue weighted by molar-refractivity contribution is 5.76. The number of aliphatic hydroxyl groups is 1. The lowest BCUT2D eigenvalue weighted by Crippen LogP contribution is -2.52. The monoisotopic (exact) mass is 324 g/mol. The number of carbonyl (C=O) groups excluding carboxylic acids is 1. The average molecular weight is 324 g/mol. The second-order valence-electron chi connectivity index (χ2n) is 7.32. The first-order valence-corrected chi connectivity index (χ1v) is 7.88. The van der Waals surface area contributed by atoms with Crippen molar-refractivity contribution in [2.75, 3.05) is 0 Å². The maximum atomic E-state index is 13.0. The van der Waals surface area contributed by atoms with Gasteiger partial charge in [0.15, 0.2) is 5.60 Å². The van der Waals surface area contributed by atoms with Crippen LogP contribution in [0, 0.1) is 5.41 Å². The molecule has 130 valence electrons. The molecular formula is C16H27F3O3. The lowest BCUT2D eigenvalue weighted by Gasteiger charge is -2.43. The molecule has 6 heteroatoms. The highest BCUT2D eigenvalue weighted by atomic mass is 19.4. The predicted molar refractivity (Wildman–Crippen MR) is 77.3 cm³/mol. The maximum Gasteiger partial charge on any atom is 0.417 e. The quantitative estimate of drug-likeness (QED) is 0.764. The lowest BCUT2D eigenvalue weighted by molar-refractivity contribution is -0.272. The number of hydrogen-bond donors (Lipinski definition) is 1. The minimum atomic E-state index is -4.75. The topological polar surface area (TPSA) is 46.5 Å². The molecule has 0 saturated heterocycles. The van der Waals surface area contributed by atoms with Gasteiger partial charge in [-0.25, -0.2) is 0 Å². The van der Waals surface area contributed by atoms with Gasteiger partial charge >= 0.3 is 12.1 Å². The zero-order valence-corrected chi connectivity index (χ0v) is 13.8. The maximum absolute atomic E-state index is 13.0. The van der Waals surface area contributed by atoms with Crippen molar-refractivity contribution < 1.29 is 27.8 Å². The van der Waals surface area contributed by atoms with Crippen LogP contribution in [0.3, 0.4) is 0 Å². The first-order valence-electron chi connectivity index (χ1n) is 7.88. The fraction of sp³-hybridized carbons (Fsp3) is 0.938. The van der Waals surface area contributed by atoms with E-state index < -0.39 is 35.2 Å². The molecule has 1 rings (SSSR count). The molecule has 1 saturated carbocycles. The van der Waals surface area contributed by atoms with Crippen molar-refractivity contribution in [2.45, 2.75) is 90.0 Å². The fourth-order valence-electron chi connectivity index (χ4n) is 2.72. The van der Waals surface area contributed by atoms with E-state index in [4.69, 9.17) is 4.74 Å². The van der Waals surface area contributed by atoms with Crippen molar-refractivity contribution in [3.05, 3.63) is 0 Å². The minimum absolute atomic E-state index is 0.366. The molecule has 1 fully saturated rings. The first-order chi connectivity index (χ1) is 9.85. The molecule has 1 aliphatic carbocycles. The van der Waals surface area contributed by atoms with Crippen LogP contribution in [0.4, 0.5) is 13.2 Å². The van der Waals surface area contributed by atoms with Crippen LogP contribution in [0.5, 0.6) is 0 Å². The van der Waals surface area contributed by atoms with E-state index in [1.54, 1.807) is 13.8 Å². The van der Waals surface area contributed by atoms with Crippen molar-refractivity contribution >= 4 is 5.97 Å². The summed E-state index contributed by atoms with van der Waals surface area (Å²) < 4.78 is 44.6. The number of alkyl halides is 3. The molecular weight excluding hydrogens is 297 g/mol. The Hall–Kier alpha value is -0.780. The third-order valence-electron chi connectivity index (χ3n) is 4.79. The minimum Gasteiger partial charge on any atom is -0.459 e. The van der Waals surface area contributed by atoms with Crippen LogP contribution >= 0.6 is 0 Å². The van der Waals surface area contributed by atoms with Gasteiger partial charge in [-0.15, -0.1) is 0 Å². The molecule has 1 aliphatic rings. The Bertz CT molecular complexity index is 394. The molecule has 1 unspecified atom stereocenters. The Labute approximate surface area is 130 Å².